The van der Waals surface area contributed by atoms with Crippen LogP contribution in [0.1, 0.15) is 42.5 Å². The summed E-state index contributed by atoms with van der Waals surface area (Å²) in [5, 5.41) is 9.57. The molecule has 0 radical (unpaired) electrons. The highest BCUT2D eigenvalue weighted by Gasteiger charge is 2.37. The van der Waals surface area contributed by atoms with Crippen LogP contribution in [0, 0.1) is 5.92 Å². The predicted molar refractivity (Wildman–Crippen MR) is 94.1 cm³/mol. The molecule has 1 aliphatic carbocycles. The molecule has 2 fully saturated rings. The van der Waals surface area contributed by atoms with Crippen LogP contribution in [0.3, 0.4) is 0 Å². The Labute approximate surface area is 147 Å². The van der Waals surface area contributed by atoms with E-state index in [1.807, 2.05) is 0 Å². The van der Waals surface area contributed by atoms with Gasteiger partial charge in [0.1, 0.15) is 0 Å². The normalized spacial score (nSPS) is 25.8. The molecule has 1 heterocycles. The smallest absolute Gasteiger partial charge is 0.252 e. The summed E-state index contributed by atoms with van der Waals surface area (Å²) in [6.45, 7) is 0.803. The van der Waals surface area contributed by atoms with Gasteiger partial charge in [0.15, 0.2) is 0 Å². The number of rotatable bonds is 5. The van der Waals surface area contributed by atoms with Gasteiger partial charge in [-0.05, 0) is 37.3 Å². The van der Waals surface area contributed by atoms with E-state index in [0.717, 1.165) is 6.42 Å². The van der Waals surface area contributed by atoms with Gasteiger partial charge in [0.25, 0.3) is 5.91 Å². The number of halogens is 1. The Bertz CT molecular complexity index is 594. The predicted octanol–water partition coefficient (Wildman–Crippen LogP) is 2.11. The molecule has 0 spiro atoms. The zero-order valence-electron chi connectivity index (χ0n) is 13.7. The molecule has 2 aliphatic rings. The molecule has 6 heteroatoms. The molecule has 3 unspecified atom stereocenters. The maximum absolute atomic E-state index is 12.3. The SMILES string of the molecule is O=C(NCCNC(=O)C1CC2CCCCC2N1)c1ccccc1Cl. The molecule has 3 rings (SSSR count). The van der Waals surface area contributed by atoms with E-state index in [1.165, 1.54) is 25.7 Å². The zero-order valence-corrected chi connectivity index (χ0v) is 14.4. The van der Waals surface area contributed by atoms with Crippen molar-refractivity contribution >= 4 is 23.4 Å². The maximum atomic E-state index is 12.3. The molecule has 1 saturated heterocycles. The molecule has 0 bridgehead atoms. The van der Waals surface area contributed by atoms with E-state index in [-0.39, 0.29) is 17.9 Å². The highest BCUT2D eigenvalue weighted by molar-refractivity contribution is 6.33. The number of carbonyl (C=O) groups excluding carboxylic acids is 2. The lowest BCUT2D eigenvalue weighted by molar-refractivity contribution is -0.122. The topological polar surface area (TPSA) is 70.2 Å². The van der Waals surface area contributed by atoms with Gasteiger partial charge in [-0.25, -0.2) is 0 Å². The van der Waals surface area contributed by atoms with Crippen LogP contribution in [0.5, 0.6) is 0 Å². The third-order valence-corrected chi connectivity index (χ3v) is 5.34. The summed E-state index contributed by atoms with van der Waals surface area (Å²) in [7, 11) is 0. The van der Waals surface area contributed by atoms with Crippen LogP contribution >= 0.6 is 11.6 Å². The monoisotopic (exact) mass is 349 g/mol. The van der Waals surface area contributed by atoms with Gasteiger partial charge in [-0.2, -0.15) is 0 Å². The second-order valence-electron chi connectivity index (χ2n) is 6.63. The average Bonchev–Trinajstić information content (AvgIpc) is 3.03. The number of amides is 2. The van der Waals surface area contributed by atoms with Gasteiger partial charge in [-0.15, -0.1) is 0 Å². The Morgan fingerprint density at radius 3 is 2.67 bits per heavy atom. The Hall–Kier alpha value is -1.59. The van der Waals surface area contributed by atoms with Crippen LogP contribution < -0.4 is 16.0 Å². The number of carbonyl (C=O) groups is 2. The molecule has 3 atom stereocenters. The Balaban J connectivity index is 1.38. The molecule has 1 aromatic carbocycles. The Morgan fingerprint density at radius 1 is 1.12 bits per heavy atom. The third kappa shape index (κ3) is 4.08. The first-order valence-corrected chi connectivity index (χ1v) is 9.09. The van der Waals surface area contributed by atoms with Crippen LogP contribution in [0.2, 0.25) is 5.02 Å². The second kappa shape index (κ2) is 7.99. The molecule has 24 heavy (non-hydrogen) atoms. The summed E-state index contributed by atoms with van der Waals surface area (Å²) >= 11 is 5.99. The summed E-state index contributed by atoms with van der Waals surface area (Å²) < 4.78 is 0. The summed E-state index contributed by atoms with van der Waals surface area (Å²) in [5.74, 6) is 0.464. The first-order chi connectivity index (χ1) is 11.6. The molecule has 1 saturated carbocycles. The van der Waals surface area contributed by atoms with E-state index in [2.05, 4.69) is 16.0 Å². The molecule has 3 N–H and O–H groups in total. The van der Waals surface area contributed by atoms with E-state index >= 15 is 0 Å². The second-order valence-corrected chi connectivity index (χ2v) is 7.04. The van der Waals surface area contributed by atoms with E-state index < -0.39 is 0 Å². The number of benzene rings is 1. The number of fused-ring (bicyclic) bond motifs is 1. The molecular weight excluding hydrogens is 326 g/mol. The van der Waals surface area contributed by atoms with Crippen LogP contribution in [0.15, 0.2) is 24.3 Å². The largest absolute Gasteiger partial charge is 0.353 e. The molecule has 1 aromatic rings. The zero-order chi connectivity index (χ0) is 16.9. The number of nitrogens with one attached hydrogen (secondary N) is 3. The molecule has 5 nitrogen and oxygen atoms in total. The fraction of sp³-hybridized carbons (Fsp3) is 0.556. The summed E-state index contributed by atoms with van der Waals surface area (Å²) in [6, 6.07) is 7.34. The lowest BCUT2D eigenvalue weighted by Crippen LogP contribution is -2.45. The van der Waals surface area contributed by atoms with Gasteiger partial charge in [0.2, 0.25) is 5.91 Å². The Morgan fingerprint density at radius 2 is 1.88 bits per heavy atom. The van der Waals surface area contributed by atoms with E-state index in [1.54, 1.807) is 24.3 Å². The van der Waals surface area contributed by atoms with Crippen molar-refractivity contribution in [1.29, 1.82) is 0 Å². The standard InChI is InChI=1S/C18H24ClN3O2/c19-14-7-3-2-6-13(14)17(23)20-9-10-21-18(24)16-11-12-5-1-4-8-15(12)22-16/h2-3,6-7,12,15-16,22H,1,4-5,8-11H2,(H,20,23)(H,21,24). The van der Waals surface area contributed by atoms with Gasteiger partial charge < -0.3 is 16.0 Å². The van der Waals surface area contributed by atoms with Crippen LogP contribution in [-0.4, -0.2) is 37.0 Å². The summed E-state index contributed by atoms with van der Waals surface area (Å²) in [5.41, 5.74) is 0.451. The van der Waals surface area contributed by atoms with Crippen molar-refractivity contribution in [2.75, 3.05) is 13.1 Å². The van der Waals surface area contributed by atoms with Crippen molar-refractivity contribution in [3.05, 3.63) is 34.9 Å². The minimum Gasteiger partial charge on any atom is -0.353 e. The van der Waals surface area contributed by atoms with E-state index in [9.17, 15) is 9.59 Å². The molecular formula is C18H24ClN3O2. The van der Waals surface area contributed by atoms with E-state index in [4.69, 9.17) is 11.6 Å². The molecule has 1 aliphatic heterocycles. The van der Waals surface area contributed by atoms with Crippen LogP contribution in [0.4, 0.5) is 0 Å². The van der Waals surface area contributed by atoms with Crippen molar-refractivity contribution in [3.63, 3.8) is 0 Å². The Kier molecular flexibility index (Phi) is 5.74. The van der Waals surface area contributed by atoms with Gasteiger partial charge in [0, 0.05) is 19.1 Å². The number of hydrogen-bond acceptors (Lipinski definition) is 3. The van der Waals surface area contributed by atoms with Crippen LogP contribution in [-0.2, 0) is 4.79 Å². The van der Waals surface area contributed by atoms with Gasteiger partial charge >= 0.3 is 0 Å². The lowest BCUT2D eigenvalue weighted by atomic mass is 9.85. The van der Waals surface area contributed by atoms with Crippen molar-refractivity contribution < 1.29 is 9.59 Å². The fourth-order valence-electron chi connectivity index (χ4n) is 3.75. The maximum Gasteiger partial charge on any atom is 0.252 e. The molecule has 130 valence electrons. The first-order valence-electron chi connectivity index (χ1n) is 8.71. The first kappa shape index (κ1) is 17.2. The fourth-order valence-corrected chi connectivity index (χ4v) is 3.97. The van der Waals surface area contributed by atoms with Crippen molar-refractivity contribution in [3.8, 4) is 0 Å². The molecule has 0 aromatic heterocycles. The van der Waals surface area contributed by atoms with E-state index in [0.29, 0.717) is 35.6 Å². The van der Waals surface area contributed by atoms with Gasteiger partial charge in [-0.1, -0.05) is 36.6 Å². The lowest BCUT2D eigenvalue weighted by Gasteiger charge is -2.24. The van der Waals surface area contributed by atoms with Crippen LogP contribution in [0.25, 0.3) is 0 Å². The van der Waals surface area contributed by atoms with Crippen molar-refractivity contribution in [2.45, 2.75) is 44.2 Å². The van der Waals surface area contributed by atoms with Crippen molar-refractivity contribution in [1.82, 2.24) is 16.0 Å². The van der Waals surface area contributed by atoms with Crippen molar-refractivity contribution in [2.24, 2.45) is 5.92 Å². The highest BCUT2D eigenvalue weighted by atomic mass is 35.5. The number of hydrogen-bond donors (Lipinski definition) is 3. The van der Waals surface area contributed by atoms with Gasteiger partial charge in [-0.3, -0.25) is 9.59 Å². The average molecular weight is 350 g/mol. The minimum absolute atomic E-state index is 0.0383. The highest BCUT2D eigenvalue weighted by Crippen LogP contribution is 2.33. The summed E-state index contributed by atoms with van der Waals surface area (Å²) in [6.07, 6.45) is 5.89. The van der Waals surface area contributed by atoms with Gasteiger partial charge in [0.05, 0.1) is 16.6 Å². The quantitative estimate of drug-likeness (QED) is 0.713. The third-order valence-electron chi connectivity index (χ3n) is 5.01. The molecule has 2 amide bonds. The minimum atomic E-state index is -0.222. The summed E-state index contributed by atoms with van der Waals surface area (Å²) in [4.78, 5) is 24.3.